The molecule has 0 aliphatic carbocycles. The van der Waals surface area contributed by atoms with Crippen molar-refractivity contribution in [3.05, 3.63) is 52.5 Å². The molecule has 3 heterocycles. The molecule has 2 saturated heterocycles. The Morgan fingerprint density at radius 1 is 1.06 bits per heavy atom. The topological polar surface area (TPSA) is 67.9 Å². The second kappa shape index (κ2) is 10.5. The highest BCUT2D eigenvalue weighted by Crippen LogP contribution is 2.36. The molecule has 0 bridgehead atoms. The minimum atomic E-state index is -0.0935. The van der Waals surface area contributed by atoms with Gasteiger partial charge in [0.15, 0.2) is 0 Å². The number of carbonyl (C=O) groups is 2. The SMILES string of the molecule is Cc1ccc(Cl)cc1N1CCN(CCCNC(=O)c2ccc3c(c2)NC(=O)C2CCCCN32)CC1. The third-order valence-electron chi connectivity index (χ3n) is 7.45. The minimum absolute atomic E-state index is 0.0420. The number of anilines is 3. The van der Waals surface area contributed by atoms with Crippen molar-refractivity contribution < 1.29 is 9.59 Å². The monoisotopic (exact) mass is 495 g/mol. The lowest BCUT2D eigenvalue weighted by Gasteiger charge is -2.41. The lowest BCUT2D eigenvalue weighted by atomic mass is 9.97. The van der Waals surface area contributed by atoms with Crippen molar-refractivity contribution >= 4 is 40.5 Å². The van der Waals surface area contributed by atoms with E-state index in [0.717, 1.165) is 81.3 Å². The van der Waals surface area contributed by atoms with E-state index in [2.05, 4.69) is 44.4 Å². The van der Waals surface area contributed by atoms with Crippen LogP contribution in [0.1, 0.15) is 41.6 Å². The Labute approximate surface area is 212 Å². The standard InChI is InChI=1S/C27H34ClN5O2/c1-19-6-8-21(28)18-25(19)32-15-13-31(14-16-32)11-4-10-29-26(34)20-7-9-23-22(17-20)30-27(35)24-5-2-3-12-33(23)24/h6-9,17-18,24H,2-5,10-16H2,1H3,(H,29,34)(H,30,35). The first kappa shape index (κ1) is 23.9. The Morgan fingerprint density at radius 3 is 2.71 bits per heavy atom. The highest BCUT2D eigenvalue weighted by molar-refractivity contribution is 6.30. The number of hydrogen-bond donors (Lipinski definition) is 2. The van der Waals surface area contributed by atoms with Gasteiger partial charge in [0.2, 0.25) is 5.91 Å². The van der Waals surface area contributed by atoms with Crippen LogP contribution < -0.4 is 20.4 Å². The van der Waals surface area contributed by atoms with Crippen LogP contribution in [0.15, 0.2) is 36.4 Å². The van der Waals surface area contributed by atoms with E-state index in [9.17, 15) is 9.59 Å². The summed E-state index contributed by atoms with van der Waals surface area (Å²) in [4.78, 5) is 32.3. The highest BCUT2D eigenvalue weighted by atomic mass is 35.5. The Balaban J connectivity index is 1.08. The van der Waals surface area contributed by atoms with Gasteiger partial charge in [0.25, 0.3) is 5.91 Å². The summed E-state index contributed by atoms with van der Waals surface area (Å²) in [6, 6.07) is 11.6. The number of fused-ring (bicyclic) bond motifs is 3. The fourth-order valence-corrected chi connectivity index (χ4v) is 5.64. The Bertz CT molecular complexity index is 1100. The Kier molecular flexibility index (Phi) is 7.16. The van der Waals surface area contributed by atoms with Crippen molar-refractivity contribution in [1.29, 1.82) is 0 Å². The van der Waals surface area contributed by atoms with Gasteiger partial charge in [0.05, 0.1) is 11.4 Å². The zero-order valence-electron chi connectivity index (χ0n) is 20.4. The second-order valence-electron chi connectivity index (χ2n) is 9.80. The number of nitrogens with zero attached hydrogens (tertiary/aromatic N) is 3. The molecule has 8 heteroatoms. The van der Waals surface area contributed by atoms with Crippen LogP contribution in [-0.2, 0) is 4.79 Å². The molecule has 2 fully saturated rings. The molecular formula is C27H34ClN5O2. The molecule has 3 aliphatic rings. The van der Waals surface area contributed by atoms with Crippen LogP contribution in [0.2, 0.25) is 5.02 Å². The summed E-state index contributed by atoms with van der Waals surface area (Å²) >= 11 is 6.20. The number of piperazine rings is 1. The molecule has 2 amide bonds. The number of aryl methyl sites for hydroxylation is 1. The molecule has 2 aromatic carbocycles. The van der Waals surface area contributed by atoms with Gasteiger partial charge in [-0.05, 0) is 75.0 Å². The van der Waals surface area contributed by atoms with E-state index in [1.807, 2.05) is 24.3 Å². The van der Waals surface area contributed by atoms with E-state index in [1.54, 1.807) is 0 Å². The fourth-order valence-electron chi connectivity index (χ4n) is 5.48. The molecule has 1 atom stereocenters. The third-order valence-corrected chi connectivity index (χ3v) is 7.69. The summed E-state index contributed by atoms with van der Waals surface area (Å²) in [6.45, 7) is 8.57. The summed E-state index contributed by atoms with van der Waals surface area (Å²) < 4.78 is 0. The molecule has 0 spiro atoms. The van der Waals surface area contributed by atoms with Crippen LogP contribution in [-0.4, -0.2) is 68.6 Å². The van der Waals surface area contributed by atoms with E-state index >= 15 is 0 Å². The van der Waals surface area contributed by atoms with E-state index < -0.39 is 0 Å². The highest BCUT2D eigenvalue weighted by Gasteiger charge is 2.34. The molecule has 7 nitrogen and oxygen atoms in total. The maximum Gasteiger partial charge on any atom is 0.251 e. The van der Waals surface area contributed by atoms with Crippen LogP contribution in [0.5, 0.6) is 0 Å². The van der Waals surface area contributed by atoms with Gasteiger partial charge in [-0.15, -0.1) is 0 Å². The number of nitrogens with one attached hydrogen (secondary N) is 2. The van der Waals surface area contributed by atoms with Gasteiger partial charge in [-0.3, -0.25) is 14.5 Å². The van der Waals surface area contributed by atoms with E-state index in [4.69, 9.17) is 11.6 Å². The van der Waals surface area contributed by atoms with Gasteiger partial charge in [-0.2, -0.15) is 0 Å². The summed E-state index contributed by atoms with van der Waals surface area (Å²) in [5, 5.41) is 6.83. The largest absolute Gasteiger partial charge is 0.369 e. The summed E-state index contributed by atoms with van der Waals surface area (Å²) in [7, 11) is 0. The van der Waals surface area contributed by atoms with Gasteiger partial charge < -0.3 is 20.4 Å². The maximum atomic E-state index is 12.7. The third kappa shape index (κ3) is 5.26. The molecule has 1 unspecified atom stereocenters. The Morgan fingerprint density at radius 2 is 1.89 bits per heavy atom. The molecule has 2 aromatic rings. The van der Waals surface area contributed by atoms with E-state index in [-0.39, 0.29) is 17.9 Å². The molecule has 5 rings (SSSR count). The van der Waals surface area contributed by atoms with Crippen molar-refractivity contribution in [3.8, 4) is 0 Å². The van der Waals surface area contributed by atoms with Crippen molar-refractivity contribution in [3.63, 3.8) is 0 Å². The average molecular weight is 496 g/mol. The quantitative estimate of drug-likeness (QED) is 0.595. The summed E-state index contributed by atoms with van der Waals surface area (Å²) in [5.74, 6) is -0.0514. The lowest BCUT2D eigenvalue weighted by Crippen LogP contribution is -2.50. The van der Waals surface area contributed by atoms with Gasteiger partial charge >= 0.3 is 0 Å². The van der Waals surface area contributed by atoms with Crippen LogP contribution in [0.3, 0.4) is 0 Å². The number of carbonyl (C=O) groups excluding carboxylic acids is 2. The molecule has 3 aliphatic heterocycles. The number of piperidine rings is 1. The number of hydrogen-bond acceptors (Lipinski definition) is 5. The van der Waals surface area contributed by atoms with Crippen LogP contribution in [0.4, 0.5) is 17.1 Å². The van der Waals surface area contributed by atoms with Gasteiger partial charge in [0.1, 0.15) is 6.04 Å². The normalized spacial score (nSPS) is 20.2. The zero-order valence-corrected chi connectivity index (χ0v) is 21.1. The van der Waals surface area contributed by atoms with Crippen molar-refractivity contribution in [2.75, 3.05) is 60.9 Å². The maximum absolute atomic E-state index is 12.7. The van der Waals surface area contributed by atoms with Crippen LogP contribution >= 0.6 is 11.6 Å². The fraction of sp³-hybridized carbons (Fsp3) is 0.481. The van der Waals surface area contributed by atoms with Crippen molar-refractivity contribution in [2.24, 2.45) is 0 Å². The first-order valence-electron chi connectivity index (χ1n) is 12.7. The molecule has 2 N–H and O–H groups in total. The van der Waals surface area contributed by atoms with Gasteiger partial charge in [0, 0.05) is 55.5 Å². The van der Waals surface area contributed by atoms with Crippen LogP contribution in [0, 0.1) is 6.92 Å². The van der Waals surface area contributed by atoms with Crippen LogP contribution in [0.25, 0.3) is 0 Å². The molecule has 0 aromatic heterocycles. The van der Waals surface area contributed by atoms with Gasteiger partial charge in [-0.25, -0.2) is 0 Å². The first-order valence-corrected chi connectivity index (χ1v) is 13.1. The van der Waals surface area contributed by atoms with Gasteiger partial charge in [-0.1, -0.05) is 17.7 Å². The Hall–Kier alpha value is -2.77. The zero-order chi connectivity index (χ0) is 24.4. The molecular weight excluding hydrogens is 462 g/mol. The molecule has 35 heavy (non-hydrogen) atoms. The minimum Gasteiger partial charge on any atom is -0.369 e. The molecule has 0 saturated carbocycles. The molecule has 0 radical (unpaired) electrons. The number of amides is 2. The lowest BCUT2D eigenvalue weighted by molar-refractivity contribution is -0.118. The first-order chi connectivity index (χ1) is 17.0. The molecule has 186 valence electrons. The second-order valence-corrected chi connectivity index (χ2v) is 10.2. The van der Waals surface area contributed by atoms with E-state index in [1.165, 1.54) is 11.3 Å². The van der Waals surface area contributed by atoms with Crippen molar-refractivity contribution in [2.45, 2.75) is 38.6 Å². The van der Waals surface area contributed by atoms with Crippen molar-refractivity contribution in [1.82, 2.24) is 10.2 Å². The number of benzene rings is 2. The predicted octanol–water partition coefficient (Wildman–Crippen LogP) is 3.90. The smallest absolute Gasteiger partial charge is 0.251 e. The number of rotatable bonds is 6. The average Bonchev–Trinajstić information content (AvgIpc) is 2.88. The predicted molar refractivity (Wildman–Crippen MR) is 142 cm³/mol. The summed E-state index contributed by atoms with van der Waals surface area (Å²) in [5.41, 5.74) is 4.83. The summed E-state index contributed by atoms with van der Waals surface area (Å²) in [6.07, 6.45) is 3.98. The van der Waals surface area contributed by atoms with E-state index in [0.29, 0.717) is 12.1 Å². The number of halogens is 1.